The summed E-state index contributed by atoms with van der Waals surface area (Å²) in [6.45, 7) is 1.03. The van der Waals surface area contributed by atoms with Crippen LogP contribution in [-0.4, -0.2) is 34.9 Å². The number of anilines is 2. The lowest BCUT2D eigenvalue weighted by atomic mass is 10.1. The van der Waals surface area contributed by atoms with Crippen LogP contribution in [0.3, 0.4) is 0 Å². The number of nitrogens with zero attached hydrogens (tertiary/aromatic N) is 2. The molecule has 2 aromatic rings. The largest absolute Gasteiger partial charge is 0.378 e. The molecule has 1 aliphatic carbocycles. The zero-order valence-corrected chi connectivity index (χ0v) is 13.6. The Labute approximate surface area is 144 Å². The minimum absolute atomic E-state index is 0.110. The molecule has 3 rings (SSSR count). The maximum atomic E-state index is 12.0. The van der Waals surface area contributed by atoms with Crippen molar-refractivity contribution in [1.29, 1.82) is 0 Å². The monoisotopic (exact) mass is 341 g/mol. The van der Waals surface area contributed by atoms with Crippen LogP contribution < -0.4 is 16.0 Å². The van der Waals surface area contributed by atoms with E-state index in [1.807, 2.05) is 18.2 Å². The summed E-state index contributed by atoms with van der Waals surface area (Å²) in [7, 11) is 0. The number of nitro groups is 1. The number of pyridine rings is 1. The zero-order chi connectivity index (χ0) is 17.6. The van der Waals surface area contributed by atoms with Crippen LogP contribution in [-0.2, 0) is 0 Å². The Morgan fingerprint density at radius 3 is 2.68 bits per heavy atom. The van der Waals surface area contributed by atoms with Crippen LogP contribution >= 0.6 is 0 Å². The highest BCUT2D eigenvalue weighted by Gasteiger charge is 2.25. The molecular formula is C17H19N5O3. The van der Waals surface area contributed by atoms with Gasteiger partial charge in [-0.15, -0.1) is 0 Å². The molecule has 1 aromatic heterocycles. The first-order valence-corrected chi connectivity index (χ1v) is 8.11. The predicted octanol–water partition coefficient (Wildman–Crippen LogP) is 2.41. The number of amides is 1. The molecule has 1 aliphatic rings. The van der Waals surface area contributed by atoms with Gasteiger partial charge in [0.05, 0.1) is 4.92 Å². The number of benzene rings is 1. The maximum absolute atomic E-state index is 12.0. The van der Waals surface area contributed by atoms with Crippen molar-refractivity contribution in [2.45, 2.75) is 18.9 Å². The molecule has 0 radical (unpaired) electrons. The fourth-order valence-electron chi connectivity index (χ4n) is 2.32. The summed E-state index contributed by atoms with van der Waals surface area (Å²) in [5.74, 6) is 0.472. The van der Waals surface area contributed by atoms with E-state index in [1.54, 1.807) is 18.3 Å². The van der Waals surface area contributed by atoms with E-state index < -0.39 is 4.92 Å². The summed E-state index contributed by atoms with van der Waals surface area (Å²) in [5.41, 5.74) is 0.577. The normalized spacial score (nSPS) is 13.1. The van der Waals surface area contributed by atoms with E-state index in [9.17, 15) is 14.9 Å². The maximum Gasteiger partial charge on any atom is 0.293 e. The van der Waals surface area contributed by atoms with Crippen molar-refractivity contribution in [3.8, 4) is 0 Å². The van der Waals surface area contributed by atoms with Gasteiger partial charge in [0.2, 0.25) is 0 Å². The van der Waals surface area contributed by atoms with Gasteiger partial charge in [-0.05, 0) is 37.1 Å². The van der Waals surface area contributed by atoms with Gasteiger partial charge >= 0.3 is 0 Å². The number of aromatic nitrogens is 1. The Morgan fingerprint density at radius 1 is 1.20 bits per heavy atom. The van der Waals surface area contributed by atoms with Crippen LogP contribution in [0, 0.1) is 10.1 Å². The SMILES string of the molecule is O=C(NC1CC1)c1ccc(NCCNc2ccccn2)c([N+](=O)[O-])c1. The van der Waals surface area contributed by atoms with Gasteiger partial charge in [0.1, 0.15) is 11.5 Å². The van der Waals surface area contributed by atoms with Crippen molar-refractivity contribution in [2.24, 2.45) is 0 Å². The Morgan fingerprint density at radius 2 is 2.00 bits per heavy atom. The average molecular weight is 341 g/mol. The molecule has 8 nitrogen and oxygen atoms in total. The van der Waals surface area contributed by atoms with Gasteiger partial charge in [0, 0.05) is 37.0 Å². The third kappa shape index (κ3) is 4.66. The molecule has 25 heavy (non-hydrogen) atoms. The molecule has 130 valence electrons. The van der Waals surface area contributed by atoms with Crippen molar-refractivity contribution >= 4 is 23.1 Å². The van der Waals surface area contributed by atoms with E-state index in [-0.39, 0.29) is 17.6 Å². The Bertz CT molecular complexity index is 762. The first kappa shape index (κ1) is 16.7. The number of rotatable bonds is 8. The standard InChI is InChI=1S/C17H19N5O3/c23-17(21-13-5-6-13)12-4-7-14(15(11-12)22(24)25)18-9-10-20-16-3-1-2-8-19-16/h1-4,7-8,11,13,18H,5-6,9-10H2,(H,19,20)(H,21,23). The lowest BCUT2D eigenvalue weighted by molar-refractivity contribution is -0.384. The molecular weight excluding hydrogens is 322 g/mol. The molecule has 0 saturated heterocycles. The summed E-state index contributed by atoms with van der Waals surface area (Å²) in [5, 5.41) is 20.3. The van der Waals surface area contributed by atoms with Crippen molar-refractivity contribution in [3.63, 3.8) is 0 Å². The van der Waals surface area contributed by atoms with E-state index in [2.05, 4.69) is 20.9 Å². The third-order valence-electron chi connectivity index (χ3n) is 3.78. The second kappa shape index (κ2) is 7.61. The molecule has 0 spiro atoms. The van der Waals surface area contributed by atoms with E-state index in [4.69, 9.17) is 0 Å². The Kier molecular flexibility index (Phi) is 5.08. The minimum Gasteiger partial charge on any atom is -0.378 e. The quantitative estimate of drug-likeness (QED) is 0.386. The Balaban J connectivity index is 1.59. The smallest absolute Gasteiger partial charge is 0.293 e. The molecule has 0 aliphatic heterocycles. The van der Waals surface area contributed by atoms with E-state index >= 15 is 0 Å². The number of carbonyl (C=O) groups is 1. The van der Waals surface area contributed by atoms with E-state index in [1.165, 1.54) is 6.07 Å². The number of nitrogens with one attached hydrogen (secondary N) is 3. The summed E-state index contributed by atoms with van der Waals surface area (Å²) < 4.78 is 0. The van der Waals surface area contributed by atoms with Crippen molar-refractivity contribution in [2.75, 3.05) is 23.7 Å². The van der Waals surface area contributed by atoms with Crippen molar-refractivity contribution in [1.82, 2.24) is 10.3 Å². The van der Waals surface area contributed by atoms with Crippen molar-refractivity contribution < 1.29 is 9.72 Å². The van der Waals surface area contributed by atoms with Gasteiger partial charge in [-0.1, -0.05) is 6.07 Å². The fraction of sp³-hybridized carbons (Fsp3) is 0.294. The summed E-state index contributed by atoms with van der Waals surface area (Å²) in [6.07, 6.45) is 3.62. The molecule has 0 bridgehead atoms. The fourth-order valence-corrected chi connectivity index (χ4v) is 2.32. The number of hydrogen-bond donors (Lipinski definition) is 3. The van der Waals surface area contributed by atoms with Gasteiger partial charge in [-0.2, -0.15) is 0 Å². The molecule has 0 unspecified atom stereocenters. The molecule has 8 heteroatoms. The minimum atomic E-state index is -0.484. The highest BCUT2D eigenvalue weighted by Crippen LogP contribution is 2.26. The summed E-state index contributed by atoms with van der Waals surface area (Å²) >= 11 is 0. The molecule has 1 amide bonds. The third-order valence-corrected chi connectivity index (χ3v) is 3.78. The van der Waals surface area contributed by atoms with Crippen LogP contribution in [0.15, 0.2) is 42.6 Å². The number of hydrogen-bond acceptors (Lipinski definition) is 6. The van der Waals surface area contributed by atoms with Gasteiger partial charge in [0.15, 0.2) is 0 Å². The highest BCUT2D eigenvalue weighted by molar-refractivity contribution is 5.96. The van der Waals surface area contributed by atoms with Gasteiger partial charge in [-0.25, -0.2) is 4.98 Å². The van der Waals surface area contributed by atoms with Crippen LogP contribution in [0.5, 0.6) is 0 Å². The van der Waals surface area contributed by atoms with Gasteiger partial charge < -0.3 is 16.0 Å². The lowest BCUT2D eigenvalue weighted by Crippen LogP contribution is -2.25. The Hall–Kier alpha value is -3.16. The van der Waals surface area contributed by atoms with Crippen LogP contribution in [0.25, 0.3) is 0 Å². The summed E-state index contributed by atoms with van der Waals surface area (Å²) in [4.78, 5) is 27.0. The summed E-state index contributed by atoms with van der Waals surface area (Å²) in [6, 6.07) is 10.2. The predicted molar refractivity (Wildman–Crippen MR) is 94.8 cm³/mol. The van der Waals surface area contributed by atoms with Crippen LogP contribution in [0.2, 0.25) is 0 Å². The zero-order valence-electron chi connectivity index (χ0n) is 13.6. The first-order chi connectivity index (χ1) is 12.1. The second-order valence-electron chi connectivity index (χ2n) is 5.81. The first-order valence-electron chi connectivity index (χ1n) is 8.11. The second-order valence-corrected chi connectivity index (χ2v) is 5.81. The van der Waals surface area contributed by atoms with Gasteiger partial charge in [-0.3, -0.25) is 14.9 Å². The topological polar surface area (TPSA) is 109 Å². The number of nitro benzene ring substituents is 1. The average Bonchev–Trinajstić information content (AvgIpc) is 3.43. The molecule has 1 aromatic carbocycles. The molecule has 1 saturated carbocycles. The van der Waals surface area contributed by atoms with Crippen molar-refractivity contribution in [3.05, 3.63) is 58.3 Å². The molecule has 0 atom stereocenters. The lowest BCUT2D eigenvalue weighted by Gasteiger charge is -2.10. The van der Waals surface area contributed by atoms with E-state index in [0.29, 0.717) is 24.3 Å². The van der Waals surface area contributed by atoms with Crippen LogP contribution in [0.1, 0.15) is 23.2 Å². The van der Waals surface area contributed by atoms with E-state index in [0.717, 1.165) is 18.7 Å². The number of carbonyl (C=O) groups excluding carboxylic acids is 1. The molecule has 1 heterocycles. The molecule has 3 N–H and O–H groups in total. The highest BCUT2D eigenvalue weighted by atomic mass is 16.6. The molecule has 1 fully saturated rings. The van der Waals surface area contributed by atoms with Crippen LogP contribution in [0.4, 0.5) is 17.2 Å². The van der Waals surface area contributed by atoms with Gasteiger partial charge in [0.25, 0.3) is 11.6 Å².